The van der Waals surface area contributed by atoms with Crippen molar-refractivity contribution in [3.8, 4) is 0 Å². The van der Waals surface area contributed by atoms with Crippen LogP contribution in [0.5, 0.6) is 0 Å². The summed E-state index contributed by atoms with van der Waals surface area (Å²) in [6, 6.07) is 0. The monoisotopic (exact) mass is 319 g/mol. The Bertz CT molecular complexity index is 363. The van der Waals surface area contributed by atoms with Gasteiger partial charge in [-0.25, -0.2) is 4.98 Å². The lowest BCUT2D eigenvalue weighted by Gasteiger charge is -2.10. The molecule has 0 aliphatic heterocycles. The van der Waals surface area contributed by atoms with Gasteiger partial charge in [0.05, 0.1) is 16.4 Å². The van der Waals surface area contributed by atoms with Crippen molar-refractivity contribution in [3.63, 3.8) is 0 Å². The molecule has 96 valence electrons. The molecule has 4 nitrogen and oxygen atoms in total. The number of nitrogens with one attached hydrogen (secondary N) is 1. The predicted octanol–water partition coefficient (Wildman–Crippen LogP) is 2.26. The van der Waals surface area contributed by atoms with E-state index in [0.29, 0.717) is 5.69 Å². The number of nitrogens with two attached hydrogens (primary N) is 1. The van der Waals surface area contributed by atoms with Crippen LogP contribution >= 0.6 is 27.7 Å². The van der Waals surface area contributed by atoms with Gasteiger partial charge in [0, 0.05) is 18.9 Å². The Morgan fingerprint density at radius 2 is 2.29 bits per heavy atom. The Balaban J connectivity index is 2.35. The number of aliphatic hydroxyl groups excluding tert-OH is 1. The molecular formula is C11H18BrN3OS. The number of thioether (sulfide) groups is 1. The summed E-state index contributed by atoms with van der Waals surface area (Å²) >= 11 is 5.30. The largest absolute Gasteiger partial charge is 0.397 e. The Hall–Kier alpha value is -0.460. The third kappa shape index (κ3) is 4.73. The number of hydrogen-bond acceptors (Lipinski definition) is 5. The van der Waals surface area contributed by atoms with Crippen molar-refractivity contribution >= 4 is 39.2 Å². The number of nitrogens with zero attached hydrogens (tertiary/aromatic N) is 1. The molecular weight excluding hydrogens is 302 g/mol. The number of pyridine rings is 1. The number of aliphatic hydroxyl groups is 1. The van der Waals surface area contributed by atoms with E-state index in [0.717, 1.165) is 40.3 Å². The van der Waals surface area contributed by atoms with Crippen LogP contribution < -0.4 is 11.1 Å². The fourth-order valence-electron chi connectivity index (χ4n) is 1.23. The summed E-state index contributed by atoms with van der Waals surface area (Å²) < 4.78 is 0.929. The van der Waals surface area contributed by atoms with Gasteiger partial charge in [0.1, 0.15) is 5.82 Å². The predicted molar refractivity (Wildman–Crippen MR) is 78.6 cm³/mol. The van der Waals surface area contributed by atoms with Crippen LogP contribution in [-0.2, 0) is 0 Å². The first kappa shape index (κ1) is 14.6. The van der Waals surface area contributed by atoms with Crippen LogP contribution in [0.25, 0.3) is 0 Å². The third-order valence-electron chi connectivity index (χ3n) is 2.29. The van der Waals surface area contributed by atoms with Crippen molar-refractivity contribution in [2.24, 2.45) is 0 Å². The van der Waals surface area contributed by atoms with Crippen molar-refractivity contribution in [1.29, 1.82) is 0 Å². The van der Waals surface area contributed by atoms with Crippen LogP contribution in [0.4, 0.5) is 11.5 Å². The molecule has 0 aromatic carbocycles. The number of rotatable bonds is 7. The van der Waals surface area contributed by atoms with Gasteiger partial charge in [-0.1, -0.05) is 0 Å². The molecule has 0 bridgehead atoms. The van der Waals surface area contributed by atoms with E-state index >= 15 is 0 Å². The minimum absolute atomic E-state index is 0.269. The number of anilines is 2. The van der Waals surface area contributed by atoms with Gasteiger partial charge in [-0.3, -0.25) is 0 Å². The van der Waals surface area contributed by atoms with Gasteiger partial charge >= 0.3 is 0 Å². The van der Waals surface area contributed by atoms with Crippen LogP contribution in [0.2, 0.25) is 0 Å². The Morgan fingerprint density at radius 1 is 1.53 bits per heavy atom. The highest BCUT2D eigenvalue weighted by Crippen LogP contribution is 2.27. The summed E-state index contributed by atoms with van der Waals surface area (Å²) in [6.45, 7) is 3.08. The first-order chi connectivity index (χ1) is 8.16. The second-order valence-corrected chi connectivity index (χ2v) is 5.64. The first-order valence-corrected chi connectivity index (χ1v) is 7.44. The van der Waals surface area contributed by atoms with Crippen LogP contribution in [-0.4, -0.2) is 34.7 Å². The second kappa shape index (κ2) is 7.79. The molecule has 0 aliphatic rings. The first-order valence-electron chi connectivity index (χ1n) is 5.50. The summed E-state index contributed by atoms with van der Waals surface area (Å²) in [6.07, 6.45) is 2.52. The fraction of sp³-hybridized carbons (Fsp3) is 0.545. The van der Waals surface area contributed by atoms with E-state index in [-0.39, 0.29) is 6.61 Å². The SMILES string of the molecule is Cc1c(N)cnc(NCCSCCCO)c1Br. The zero-order valence-corrected chi connectivity index (χ0v) is 12.3. The van der Waals surface area contributed by atoms with E-state index < -0.39 is 0 Å². The third-order valence-corrected chi connectivity index (χ3v) is 4.33. The molecule has 0 fully saturated rings. The van der Waals surface area contributed by atoms with Gasteiger partial charge in [-0.15, -0.1) is 0 Å². The number of nitrogen functional groups attached to an aromatic ring is 1. The summed E-state index contributed by atoms with van der Waals surface area (Å²) in [5.41, 5.74) is 7.46. The van der Waals surface area contributed by atoms with Crippen LogP contribution in [0.1, 0.15) is 12.0 Å². The lowest BCUT2D eigenvalue weighted by molar-refractivity contribution is 0.296. The molecule has 1 aromatic heterocycles. The molecule has 0 saturated heterocycles. The minimum Gasteiger partial charge on any atom is -0.397 e. The second-order valence-electron chi connectivity index (χ2n) is 3.62. The lowest BCUT2D eigenvalue weighted by Crippen LogP contribution is -2.08. The van der Waals surface area contributed by atoms with Crippen molar-refractivity contribution in [2.45, 2.75) is 13.3 Å². The van der Waals surface area contributed by atoms with Crippen LogP contribution in [0.3, 0.4) is 0 Å². The zero-order valence-electron chi connectivity index (χ0n) is 9.87. The maximum Gasteiger partial charge on any atom is 0.140 e. The standard InChI is InChI=1S/C11H18BrN3OS/c1-8-9(13)7-15-11(10(8)12)14-3-6-17-5-2-4-16/h7,16H,2-6,13H2,1H3,(H,14,15). The van der Waals surface area contributed by atoms with Gasteiger partial charge in [-0.05, 0) is 40.6 Å². The topological polar surface area (TPSA) is 71.2 Å². The maximum atomic E-state index is 8.64. The van der Waals surface area contributed by atoms with E-state index in [1.54, 1.807) is 6.20 Å². The molecule has 0 atom stereocenters. The van der Waals surface area contributed by atoms with E-state index in [1.807, 2.05) is 18.7 Å². The molecule has 0 unspecified atom stereocenters. The summed E-state index contributed by atoms with van der Waals surface area (Å²) in [5, 5.41) is 11.9. The highest BCUT2D eigenvalue weighted by atomic mass is 79.9. The molecule has 1 aromatic rings. The molecule has 6 heteroatoms. The van der Waals surface area contributed by atoms with Crippen molar-refractivity contribution in [1.82, 2.24) is 4.98 Å². The maximum absolute atomic E-state index is 8.64. The number of aromatic nitrogens is 1. The molecule has 0 radical (unpaired) electrons. The molecule has 17 heavy (non-hydrogen) atoms. The highest BCUT2D eigenvalue weighted by Gasteiger charge is 2.06. The normalized spacial score (nSPS) is 10.5. The molecule has 1 rings (SSSR count). The van der Waals surface area contributed by atoms with Crippen LogP contribution in [0, 0.1) is 6.92 Å². The highest BCUT2D eigenvalue weighted by molar-refractivity contribution is 9.10. The van der Waals surface area contributed by atoms with E-state index in [4.69, 9.17) is 10.8 Å². The van der Waals surface area contributed by atoms with E-state index in [9.17, 15) is 0 Å². The Labute approximate surface area is 115 Å². The van der Waals surface area contributed by atoms with Crippen molar-refractivity contribution < 1.29 is 5.11 Å². The van der Waals surface area contributed by atoms with Gasteiger partial charge < -0.3 is 16.2 Å². The average Bonchev–Trinajstić information content (AvgIpc) is 2.33. The smallest absolute Gasteiger partial charge is 0.140 e. The average molecular weight is 320 g/mol. The van der Waals surface area contributed by atoms with Crippen molar-refractivity contribution in [2.75, 3.05) is 35.7 Å². The number of halogens is 1. The molecule has 1 heterocycles. The van der Waals surface area contributed by atoms with E-state index in [1.165, 1.54) is 0 Å². The van der Waals surface area contributed by atoms with Gasteiger partial charge in [-0.2, -0.15) is 11.8 Å². The molecule has 0 saturated carbocycles. The molecule has 0 aliphatic carbocycles. The van der Waals surface area contributed by atoms with Crippen molar-refractivity contribution in [3.05, 3.63) is 16.2 Å². The molecule has 0 spiro atoms. The van der Waals surface area contributed by atoms with Crippen LogP contribution in [0.15, 0.2) is 10.7 Å². The zero-order chi connectivity index (χ0) is 12.7. The van der Waals surface area contributed by atoms with Gasteiger partial charge in [0.2, 0.25) is 0 Å². The number of hydrogen-bond donors (Lipinski definition) is 3. The Morgan fingerprint density at radius 3 is 3.00 bits per heavy atom. The quantitative estimate of drug-likeness (QED) is 0.672. The minimum atomic E-state index is 0.269. The summed E-state index contributed by atoms with van der Waals surface area (Å²) in [7, 11) is 0. The molecule has 4 N–H and O–H groups in total. The summed E-state index contributed by atoms with van der Waals surface area (Å²) in [5.74, 6) is 2.82. The molecule has 0 amide bonds. The fourth-order valence-corrected chi connectivity index (χ4v) is 2.48. The van der Waals surface area contributed by atoms with Gasteiger partial charge in [0.15, 0.2) is 0 Å². The lowest BCUT2D eigenvalue weighted by atomic mass is 10.2. The summed E-state index contributed by atoms with van der Waals surface area (Å²) in [4.78, 5) is 4.24. The van der Waals surface area contributed by atoms with E-state index in [2.05, 4.69) is 26.2 Å². The van der Waals surface area contributed by atoms with Gasteiger partial charge in [0.25, 0.3) is 0 Å². The Kier molecular flexibility index (Phi) is 6.69.